The SMILES string of the molecule is CCCCNC(=O)C1(C(=O)NCc2cccnc2)CC1. The molecule has 0 atom stereocenters. The van der Waals surface area contributed by atoms with Crippen molar-refractivity contribution in [1.82, 2.24) is 15.6 Å². The molecule has 1 saturated carbocycles. The van der Waals surface area contributed by atoms with E-state index < -0.39 is 5.41 Å². The van der Waals surface area contributed by atoms with E-state index in [4.69, 9.17) is 0 Å². The second-order valence-corrected chi connectivity index (χ2v) is 5.24. The fourth-order valence-electron chi connectivity index (χ4n) is 2.08. The predicted octanol–water partition coefficient (Wildman–Crippen LogP) is 1.39. The van der Waals surface area contributed by atoms with Crippen LogP contribution >= 0.6 is 0 Å². The molecule has 0 unspecified atom stereocenters. The average Bonchev–Trinajstić information content (AvgIpc) is 3.28. The van der Waals surface area contributed by atoms with Crippen molar-refractivity contribution in [2.24, 2.45) is 5.41 Å². The molecule has 5 heteroatoms. The highest BCUT2D eigenvalue weighted by molar-refractivity contribution is 6.07. The highest BCUT2D eigenvalue weighted by Gasteiger charge is 2.56. The third-order valence-electron chi connectivity index (χ3n) is 3.61. The molecule has 2 N–H and O–H groups in total. The van der Waals surface area contributed by atoms with Gasteiger partial charge in [0, 0.05) is 25.5 Å². The molecule has 2 rings (SSSR count). The Morgan fingerprint density at radius 3 is 2.65 bits per heavy atom. The van der Waals surface area contributed by atoms with Gasteiger partial charge in [-0.15, -0.1) is 0 Å². The van der Waals surface area contributed by atoms with Crippen molar-refractivity contribution in [3.05, 3.63) is 30.1 Å². The van der Waals surface area contributed by atoms with Crippen molar-refractivity contribution in [3.8, 4) is 0 Å². The Kier molecular flexibility index (Phi) is 4.71. The lowest BCUT2D eigenvalue weighted by molar-refractivity contribution is -0.137. The van der Waals surface area contributed by atoms with E-state index in [2.05, 4.69) is 22.5 Å². The van der Waals surface area contributed by atoms with Crippen LogP contribution in [-0.2, 0) is 16.1 Å². The van der Waals surface area contributed by atoms with Gasteiger partial charge in [0.1, 0.15) is 5.41 Å². The number of hydrogen-bond donors (Lipinski definition) is 2. The fourth-order valence-corrected chi connectivity index (χ4v) is 2.08. The predicted molar refractivity (Wildman–Crippen MR) is 75.7 cm³/mol. The van der Waals surface area contributed by atoms with Crippen LogP contribution in [0.5, 0.6) is 0 Å². The molecule has 1 aromatic rings. The first-order valence-corrected chi connectivity index (χ1v) is 7.14. The zero-order valence-electron chi connectivity index (χ0n) is 11.8. The van der Waals surface area contributed by atoms with Crippen LogP contribution in [0.15, 0.2) is 24.5 Å². The van der Waals surface area contributed by atoms with Crippen molar-refractivity contribution < 1.29 is 9.59 Å². The van der Waals surface area contributed by atoms with E-state index in [1.165, 1.54) is 0 Å². The lowest BCUT2D eigenvalue weighted by atomic mass is 10.0. The van der Waals surface area contributed by atoms with Crippen molar-refractivity contribution in [2.75, 3.05) is 6.54 Å². The molecule has 1 aliphatic rings. The number of rotatable bonds is 7. The van der Waals surface area contributed by atoms with E-state index in [0.717, 1.165) is 18.4 Å². The largest absolute Gasteiger partial charge is 0.355 e. The summed E-state index contributed by atoms with van der Waals surface area (Å²) in [6.07, 6.45) is 6.66. The molecule has 5 nitrogen and oxygen atoms in total. The number of pyridine rings is 1. The molecule has 0 spiro atoms. The monoisotopic (exact) mass is 275 g/mol. The van der Waals surface area contributed by atoms with Crippen molar-refractivity contribution in [1.29, 1.82) is 0 Å². The highest BCUT2D eigenvalue weighted by Crippen LogP contribution is 2.46. The number of nitrogens with zero attached hydrogens (tertiary/aromatic N) is 1. The summed E-state index contributed by atoms with van der Waals surface area (Å²) < 4.78 is 0. The molecular weight excluding hydrogens is 254 g/mol. The summed E-state index contributed by atoms with van der Waals surface area (Å²) in [5, 5.41) is 5.69. The number of unbranched alkanes of at least 4 members (excludes halogenated alkanes) is 1. The Labute approximate surface area is 119 Å². The van der Waals surface area contributed by atoms with E-state index >= 15 is 0 Å². The molecule has 1 fully saturated rings. The first kappa shape index (κ1) is 14.5. The minimum Gasteiger partial charge on any atom is -0.355 e. The summed E-state index contributed by atoms with van der Waals surface area (Å²) in [4.78, 5) is 28.2. The zero-order chi connectivity index (χ0) is 14.4. The van der Waals surface area contributed by atoms with Crippen LogP contribution in [-0.4, -0.2) is 23.3 Å². The Bertz CT molecular complexity index is 469. The van der Waals surface area contributed by atoms with Crippen LogP contribution in [0.25, 0.3) is 0 Å². The van der Waals surface area contributed by atoms with Crippen LogP contribution < -0.4 is 10.6 Å². The quantitative estimate of drug-likeness (QED) is 0.583. The second kappa shape index (κ2) is 6.50. The summed E-state index contributed by atoms with van der Waals surface area (Å²) in [5.74, 6) is -0.301. The summed E-state index contributed by atoms with van der Waals surface area (Å²) in [6, 6.07) is 3.72. The van der Waals surface area contributed by atoms with Gasteiger partial charge in [-0.2, -0.15) is 0 Å². The Hall–Kier alpha value is -1.91. The van der Waals surface area contributed by atoms with E-state index in [1.54, 1.807) is 12.4 Å². The average molecular weight is 275 g/mol. The summed E-state index contributed by atoms with van der Waals surface area (Å²) in [5.41, 5.74) is 0.110. The van der Waals surface area contributed by atoms with Crippen molar-refractivity contribution >= 4 is 11.8 Å². The number of aromatic nitrogens is 1. The Balaban J connectivity index is 1.83. The number of nitrogens with one attached hydrogen (secondary N) is 2. The van der Waals surface area contributed by atoms with Crippen LogP contribution in [0.4, 0.5) is 0 Å². The molecule has 20 heavy (non-hydrogen) atoms. The fraction of sp³-hybridized carbons (Fsp3) is 0.533. The first-order valence-electron chi connectivity index (χ1n) is 7.14. The van der Waals surface area contributed by atoms with Crippen molar-refractivity contribution in [2.45, 2.75) is 39.2 Å². The van der Waals surface area contributed by atoms with Gasteiger partial charge in [-0.3, -0.25) is 14.6 Å². The van der Waals surface area contributed by atoms with Gasteiger partial charge in [0.2, 0.25) is 11.8 Å². The molecule has 108 valence electrons. The molecule has 0 aromatic carbocycles. The maximum absolute atomic E-state index is 12.2. The summed E-state index contributed by atoms with van der Waals surface area (Å²) in [7, 11) is 0. The van der Waals surface area contributed by atoms with Crippen LogP contribution in [0.2, 0.25) is 0 Å². The smallest absolute Gasteiger partial charge is 0.235 e. The van der Waals surface area contributed by atoms with Gasteiger partial charge in [0.25, 0.3) is 0 Å². The van der Waals surface area contributed by atoms with Gasteiger partial charge in [-0.25, -0.2) is 0 Å². The van der Waals surface area contributed by atoms with E-state index in [0.29, 0.717) is 25.9 Å². The normalized spacial score (nSPS) is 15.4. The molecule has 1 aromatic heterocycles. The van der Waals surface area contributed by atoms with Gasteiger partial charge in [0.05, 0.1) is 0 Å². The summed E-state index contributed by atoms with van der Waals surface area (Å²) in [6.45, 7) is 3.13. The van der Waals surface area contributed by atoms with Gasteiger partial charge in [-0.1, -0.05) is 19.4 Å². The number of carbonyl (C=O) groups excluding carboxylic acids is 2. The molecular formula is C15H21N3O2. The molecule has 0 bridgehead atoms. The van der Waals surface area contributed by atoms with Gasteiger partial charge in [-0.05, 0) is 30.9 Å². The van der Waals surface area contributed by atoms with Gasteiger partial charge < -0.3 is 10.6 Å². The Morgan fingerprint density at radius 2 is 2.05 bits per heavy atom. The van der Waals surface area contributed by atoms with Crippen LogP contribution in [0.1, 0.15) is 38.2 Å². The molecule has 0 aliphatic heterocycles. The lowest BCUT2D eigenvalue weighted by Gasteiger charge is -2.15. The number of amides is 2. The highest BCUT2D eigenvalue weighted by atomic mass is 16.2. The molecule has 2 amide bonds. The minimum absolute atomic E-state index is 0.130. The minimum atomic E-state index is -0.823. The second-order valence-electron chi connectivity index (χ2n) is 5.24. The summed E-state index contributed by atoms with van der Waals surface area (Å²) >= 11 is 0. The maximum atomic E-state index is 12.2. The van der Waals surface area contributed by atoms with Crippen molar-refractivity contribution in [3.63, 3.8) is 0 Å². The molecule has 1 aliphatic carbocycles. The maximum Gasteiger partial charge on any atom is 0.235 e. The topological polar surface area (TPSA) is 71.1 Å². The molecule has 0 saturated heterocycles. The van der Waals surface area contributed by atoms with E-state index in [-0.39, 0.29) is 11.8 Å². The number of carbonyl (C=O) groups is 2. The third kappa shape index (κ3) is 3.35. The number of hydrogen-bond acceptors (Lipinski definition) is 3. The zero-order valence-corrected chi connectivity index (χ0v) is 11.8. The standard InChI is InChI=1S/C15H21N3O2/c1-2-3-9-17-13(19)15(6-7-15)14(20)18-11-12-5-4-8-16-10-12/h4-5,8,10H,2-3,6-7,9,11H2,1H3,(H,17,19)(H,18,20). The molecule has 1 heterocycles. The lowest BCUT2D eigenvalue weighted by Crippen LogP contribution is -2.43. The van der Waals surface area contributed by atoms with Gasteiger partial charge >= 0.3 is 0 Å². The Morgan fingerprint density at radius 1 is 1.30 bits per heavy atom. The van der Waals surface area contributed by atoms with E-state index in [9.17, 15) is 9.59 Å². The first-order chi connectivity index (χ1) is 9.69. The van der Waals surface area contributed by atoms with E-state index in [1.807, 2.05) is 12.1 Å². The molecule has 0 radical (unpaired) electrons. The van der Waals surface area contributed by atoms with Gasteiger partial charge in [0.15, 0.2) is 0 Å². The third-order valence-corrected chi connectivity index (χ3v) is 3.61. The van der Waals surface area contributed by atoms with Crippen LogP contribution in [0.3, 0.4) is 0 Å². The van der Waals surface area contributed by atoms with Crippen LogP contribution in [0, 0.1) is 5.41 Å².